The van der Waals surface area contributed by atoms with Gasteiger partial charge in [0.1, 0.15) is 0 Å². The van der Waals surface area contributed by atoms with Gasteiger partial charge in [0, 0.05) is 45.5 Å². The van der Waals surface area contributed by atoms with Gasteiger partial charge in [0.15, 0.2) is 0 Å². The summed E-state index contributed by atoms with van der Waals surface area (Å²) in [6.07, 6.45) is 3.71. The van der Waals surface area contributed by atoms with Crippen molar-refractivity contribution in [1.82, 2.24) is 25.1 Å². The fraction of sp³-hybridized carbons (Fsp3) is 0.471. The second-order valence-corrected chi connectivity index (χ2v) is 5.88. The molecule has 5 heteroatoms. The lowest BCUT2D eigenvalue weighted by Gasteiger charge is -2.39. The molecule has 1 aliphatic heterocycles. The first-order valence-corrected chi connectivity index (χ1v) is 8.00. The standard InChI is InChI=1S/C17H25N5/c1-18-12-17(16-11-19-14-20-16)22-9-7-21(8-10-22)13-15-5-3-2-4-6-15/h2-6,11,14,17-18H,7-10,12-13H2,1H3,(H,19,20). The van der Waals surface area contributed by atoms with E-state index in [4.69, 9.17) is 0 Å². The predicted octanol–water partition coefficient (Wildman–Crippen LogP) is 1.49. The summed E-state index contributed by atoms with van der Waals surface area (Å²) in [4.78, 5) is 12.5. The highest BCUT2D eigenvalue weighted by atomic mass is 15.3. The Labute approximate surface area is 132 Å². The Hall–Kier alpha value is -1.69. The Balaban J connectivity index is 1.56. The second-order valence-electron chi connectivity index (χ2n) is 5.88. The Morgan fingerprint density at radius 2 is 1.95 bits per heavy atom. The van der Waals surface area contributed by atoms with Crippen LogP contribution in [0.1, 0.15) is 17.3 Å². The molecule has 1 aromatic carbocycles. The van der Waals surface area contributed by atoms with Gasteiger partial charge in [-0.1, -0.05) is 30.3 Å². The number of hydrogen-bond donors (Lipinski definition) is 2. The number of rotatable bonds is 6. The highest BCUT2D eigenvalue weighted by Gasteiger charge is 2.25. The summed E-state index contributed by atoms with van der Waals surface area (Å²) < 4.78 is 0. The molecule has 0 spiro atoms. The van der Waals surface area contributed by atoms with Gasteiger partial charge in [-0.3, -0.25) is 9.80 Å². The minimum atomic E-state index is 0.381. The van der Waals surface area contributed by atoms with E-state index in [-0.39, 0.29) is 0 Å². The molecule has 0 radical (unpaired) electrons. The topological polar surface area (TPSA) is 47.2 Å². The molecule has 118 valence electrons. The van der Waals surface area contributed by atoms with Crippen LogP contribution >= 0.6 is 0 Å². The van der Waals surface area contributed by atoms with Gasteiger partial charge < -0.3 is 10.3 Å². The molecule has 1 atom stereocenters. The van der Waals surface area contributed by atoms with Crippen LogP contribution in [-0.4, -0.2) is 59.5 Å². The van der Waals surface area contributed by atoms with Crippen molar-refractivity contribution in [2.75, 3.05) is 39.8 Å². The zero-order valence-corrected chi connectivity index (χ0v) is 13.2. The monoisotopic (exact) mass is 299 g/mol. The second kappa shape index (κ2) is 7.54. The van der Waals surface area contributed by atoms with Crippen LogP contribution < -0.4 is 5.32 Å². The Bertz CT molecular complexity index is 531. The number of aromatic nitrogens is 2. The van der Waals surface area contributed by atoms with Gasteiger partial charge in [-0.2, -0.15) is 0 Å². The van der Waals surface area contributed by atoms with E-state index in [1.54, 1.807) is 6.33 Å². The van der Waals surface area contributed by atoms with Crippen LogP contribution in [-0.2, 0) is 6.54 Å². The van der Waals surface area contributed by atoms with Crippen LogP contribution in [0.5, 0.6) is 0 Å². The lowest BCUT2D eigenvalue weighted by atomic mass is 10.1. The average molecular weight is 299 g/mol. The van der Waals surface area contributed by atoms with Gasteiger partial charge >= 0.3 is 0 Å². The molecule has 0 saturated carbocycles. The molecule has 1 saturated heterocycles. The Morgan fingerprint density at radius 3 is 2.59 bits per heavy atom. The van der Waals surface area contributed by atoms with Crippen LogP contribution in [0.3, 0.4) is 0 Å². The van der Waals surface area contributed by atoms with E-state index in [0.29, 0.717) is 6.04 Å². The molecule has 5 nitrogen and oxygen atoms in total. The van der Waals surface area contributed by atoms with Crippen molar-refractivity contribution in [3.63, 3.8) is 0 Å². The number of benzene rings is 1. The van der Waals surface area contributed by atoms with Gasteiger partial charge in [-0.05, 0) is 12.6 Å². The molecule has 0 bridgehead atoms. The first kappa shape index (κ1) is 15.2. The van der Waals surface area contributed by atoms with Gasteiger partial charge in [-0.25, -0.2) is 4.98 Å². The van der Waals surface area contributed by atoms with Crippen LogP contribution in [0.15, 0.2) is 42.9 Å². The van der Waals surface area contributed by atoms with Crippen LogP contribution in [0.4, 0.5) is 0 Å². The molecule has 1 unspecified atom stereocenters. The Kier molecular flexibility index (Phi) is 5.21. The number of piperazine rings is 1. The fourth-order valence-corrected chi connectivity index (χ4v) is 3.15. The number of hydrogen-bond acceptors (Lipinski definition) is 4. The van der Waals surface area contributed by atoms with Crippen molar-refractivity contribution >= 4 is 0 Å². The van der Waals surface area contributed by atoms with Gasteiger partial charge in [0.05, 0.1) is 18.1 Å². The molecule has 2 heterocycles. The van der Waals surface area contributed by atoms with Gasteiger partial charge in [-0.15, -0.1) is 0 Å². The van der Waals surface area contributed by atoms with Crippen LogP contribution in [0.25, 0.3) is 0 Å². The largest absolute Gasteiger partial charge is 0.347 e. The zero-order valence-electron chi connectivity index (χ0n) is 13.2. The summed E-state index contributed by atoms with van der Waals surface area (Å²) in [7, 11) is 2.01. The van der Waals surface area contributed by atoms with Crippen molar-refractivity contribution in [1.29, 1.82) is 0 Å². The van der Waals surface area contributed by atoms with Crippen molar-refractivity contribution in [2.45, 2.75) is 12.6 Å². The molecule has 3 rings (SSSR count). The third kappa shape index (κ3) is 3.74. The molecular formula is C17H25N5. The van der Waals surface area contributed by atoms with E-state index in [1.165, 1.54) is 11.3 Å². The maximum absolute atomic E-state index is 4.17. The summed E-state index contributed by atoms with van der Waals surface area (Å²) in [6.45, 7) is 6.42. The molecule has 0 amide bonds. The number of nitrogens with one attached hydrogen (secondary N) is 2. The van der Waals surface area contributed by atoms with Crippen molar-refractivity contribution in [3.05, 3.63) is 54.1 Å². The number of H-pyrrole nitrogens is 1. The maximum atomic E-state index is 4.17. The normalized spacial score (nSPS) is 18.4. The quantitative estimate of drug-likeness (QED) is 0.848. The third-order valence-corrected chi connectivity index (χ3v) is 4.37. The maximum Gasteiger partial charge on any atom is 0.0922 e. The van der Waals surface area contributed by atoms with E-state index >= 15 is 0 Å². The van der Waals surface area contributed by atoms with E-state index in [9.17, 15) is 0 Å². The lowest BCUT2D eigenvalue weighted by molar-refractivity contribution is 0.0901. The number of nitrogens with zero attached hydrogens (tertiary/aromatic N) is 3. The molecule has 22 heavy (non-hydrogen) atoms. The van der Waals surface area contributed by atoms with E-state index in [1.807, 2.05) is 13.2 Å². The van der Waals surface area contributed by atoms with Crippen molar-refractivity contribution < 1.29 is 0 Å². The van der Waals surface area contributed by atoms with Crippen LogP contribution in [0.2, 0.25) is 0 Å². The van der Waals surface area contributed by atoms with Crippen molar-refractivity contribution in [3.8, 4) is 0 Å². The first-order valence-electron chi connectivity index (χ1n) is 8.00. The lowest BCUT2D eigenvalue weighted by Crippen LogP contribution is -2.48. The molecule has 0 aliphatic carbocycles. The number of imidazole rings is 1. The first-order chi connectivity index (χ1) is 10.9. The fourth-order valence-electron chi connectivity index (χ4n) is 3.15. The van der Waals surface area contributed by atoms with Crippen molar-refractivity contribution in [2.24, 2.45) is 0 Å². The van der Waals surface area contributed by atoms with E-state index < -0.39 is 0 Å². The molecule has 2 aromatic rings. The summed E-state index contributed by atoms with van der Waals surface area (Å²) >= 11 is 0. The zero-order chi connectivity index (χ0) is 15.2. The summed E-state index contributed by atoms with van der Waals surface area (Å²) in [5.41, 5.74) is 2.60. The summed E-state index contributed by atoms with van der Waals surface area (Å²) in [6, 6.07) is 11.1. The minimum Gasteiger partial charge on any atom is -0.347 e. The summed E-state index contributed by atoms with van der Waals surface area (Å²) in [5, 5.41) is 3.30. The summed E-state index contributed by atoms with van der Waals surface area (Å²) in [5.74, 6) is 0. The SMILES string of the molecule is CNCC(c1cnc[nH]1)N1CCN(Cc2ccccc2)CC1. The third-order valence-electron chi connectivity index (χ3n) is 4.37. The smallest absolute Gasteiger partial charge is 0.0922 e. The Morgan fingerprint density at radius 1 is 1.18 bits per heavy atom. The van der Waals surface area contributed by atoms with Gasteiger partial charge in [0.25, 0.3) is 0 Å². The molecule has 2 N–H and O–H groups in total. The molecule has 1 aromatic heterocycles. The highest BCUT2D eigenvalue weighted by molar-refractivity contribution is 5.14. The average Bonchev–Trinajstić information content (AvgIpc) is 3.09. The highest BCUT2D eigenvalue weighted by Crippen LogP contribution is 2.20. The van der Waals surface area contributed by atoms with Gasteiger partial charge in [0.2, 0.25) is 0 Å². The molecule has 1 aliphatic rings. The minimum absolute atomic E-state index is 0.381. The number of likely N-dealkylation sites (N-methyl/N-ethyl adjacent to an activating group) is 1. The van der Waals surface area contributed by atoms with E-state index in [2.05, 4.69) is 55.4 Å². The molecule has 1 fully saturated rings. The van der Waals surface area contributed by atoms with E-state index in [0.717, 1.165) is 39.3 Å². The number of aromatic amines is 1. The predicted molar refractivity (Wildman–Crippen MR) is 88.5 cm³/mol. The van der Waals surface area contributed by atoms with Crippen LogP contribution in [0, 0.1) is 0 Å². The molecular weight excluding hydrogens is 274 g/mol.